The number of fused-ring (bicyclic) bond motifs is 6. The molecule has 0 fully saturated rings. The van der Waals surface area contributed by atoms with Gasteiger partial charge in [-0.15, -0.1) is 0 Å². The number of rotatable bonds is 21. The molecule has 5 aromatic carbocycles. The quantitative estimate of drug-likeness (QED) is 0.0246. The Bertz CT molecular complexity index is 4030. The average Bonchev–Trinajstić information content (AvgIpc) is 3.90. The van der Waals surface area contributed by atoms with Gasteiger partial charge in [0.15, 0.2) is 5.71 Å². The van der Waals surface area contributed by atoms with Crippen molar-refractivity contribution >= 4 is 106 Å². The van der Waals surface area contributed by atoms with E-state index in [1.165, 1.54) is 49.5 Å². The fourth-order valence-electron chi connectivity index (χ4n) is 10.3. The smallest absolute Gasteiger partial charge is 0.748 e. The number of hydrogen-bond acceptors (Lipinski definition) is 17. The fourth-order valence-corrected chi connectivity index (χ4v) is 14.0. The summed E-state index contributed by atoms with van der Waals surface area (Å²) in [5.41, 5.74) is -0.135. The van der Waals surface area contributed by atoms with Gasteiger partial charge in [-0.1, -0.05) is 50.3 Å². The third-order valence-electron chi connectivity index (χ3n) is 13.7. The van der Waals surface area contributed by atoms with E-state index < -0.39 is 93.5 Å². The molecule has 0 unspecified atom stereocenters. The Balaban J connectivity index is 0.00000574. The first-order valence-electron chi connectivity index (χ1n) is 23.5. The van der Waals surface area contributed by atoms with Crippen molar-refractivity contribution in [3.63, 3.8) is 0 Å². The fraction of sp³-hybridized carbons (Fsp3) is 0.320. The number of hydrogen-bond donors (Lipinski definition) is 2. The van der Waals surface area contributed by atoms with Gasteiger partial charge in [0.1, 0.15) is 26.8 Å². The van der Waals surface area contributed by atoms with Crippen LogP contribution in [-0.2, 0) is 66.1 Å². The van der Waals surface area contributed by atoms with Gasteiger partial charge < -0.3 is 23.7 Å². The summed E-state index contributed by atoms with van der Waals surface area (Å²) in [6.45, 7) is 6.64. The molecular formula is C50H52N4Na2O18S5. The van der Waals surface area contributed by atoms with E-state index in [2.05, 4.69) is 0 Å². The Morgan fingerprint density at radius 1 is 0.747 bits per heavy atom. The predicted octanol–water partition coefficient (Wildman–Crippen LogP) is 0.114. The molecule has 29 heteroatoms. The van der Waals surface area contributed by atoms with Crippen LogP contribution in [0.1, 0.15) is 70.1 Å². The van der Waals surface area contributed by atoms with E-state index >= 15 is 0 Å². The van der Waals surface area contributed by atoms with Gasteiger partial charge in [-0.05, 0) is 97.1 Å². The molecule has 0 radical (unpaired) electrons. The Labute approximate surface area is 502 Å². The van der Waals surface area contributed by atoms with Crippen molar-refractivity contribution in [2.75, 3.05) is 43.1 Å². The Morgan fingerprint density at radius 3 is 2.00 bits per heavy atom. The normalized spacial score (nSPS) is 16.2. The Morgan fingerprint density at radius 2 is 1.39 bits per heavy atom. The number of nitro benzene ring substituents is 1. The van der Waals surface area contributed by atoms with Gasteiger partial charge in [0.25, 0.3) is 15.8 Å². The van der Waals surface area contributed by atoms with Gasteiger partial charge in [-0.3, -0.25) is 19.5 Å². The molecule has 0 amide bonds. The van der Waals surface area contributed by atoms with Crippen molar-refractivity contribution in [3.8, 4) is 0 Å². The third-order valence-corrected chi connectivity index (χ3v) is 18.9. The van der Waals surface area contributed by atoms with Crippen LogP contribution < -0.4 is 64.0 Å². The van der Waals surface area contributed by atoms with Crippen LogP contribution in [0.15, 0.2) is 124 Å². The molecule has 0 saturated carbocycles. The maximum Gasteiger partial charge on any atom is 1.00 e. The first-order chi connectivity index (χ1) is 35.6. The molecule has 5 aromatic rings. The number of nitrogens with zero attached hydrogens (tertiary/aromatic N) is 4. The zero-order chi connectivity index (χ0) is 57.0. The van der Waals surface area contributed by atoms with Crippen molar-refractivity contribution < 1.29 is 139 Å². The van der Waals surface area contributed by atoms with E-state index in [0.717, 1.165) is 10.4 Å². The molecule has 0 spiro atoms. The third kappa shape index (κ3) is 14.0. The minimum Gasteiger partial charge on any atom is -0.748 e. The molecule has 2 heterocycles. The second kappa shape index (κ2) is 24.3. The van der Waals surface area contributed by atoms with Gasteiger partial charge in [-0.25, -0.2) is 38.0 Å². The standard InChI is InChI=1S/C50H54N4O18S5.2Na/c1-49(2)44(52(26-10-28-73(59,60)61)40-21-19-35-37(47(40)49)13-8-15-42(35)75(65,66)51(5)25-9-16-46(55)56)23-17-32(34-12-6-7-14-39(34)54(57)58)18-24-45-50(3,4)48-38-30-33(76(67,68)69)31-43(77(70,71)72)36(38)20-22-41(48)53(45)27-11-29-74(62,63)64;;/h6-8,12-15,17-24,30-31H,9-11,16,25-29H2,1-5H3,(H4-,55,56,59,60,61,62,63,64,67,68,69,70,71,72);;/q;2*+1/p-2. The zero-order valence-electron chi connectivity index (χ0n) is 43.9. The number of benzene rings is 5. The van der Waals surface area contributed by atoms with Crippen molar-refractivity contribution in [2.24, 2.45) is 0 Å². The number of aliphatic carboxylic acids is 1. The molecule has 0 aromatic heterocycles. The van der Waals surface area contributed by atoms with E-state index in [9.17, 15) is 75.2 Å². The van der Waals surface area contributed by atoms with E-state index in [4.69, 9.17) is 5.11 Å². The number of nitro groups is 1. The zero-order valence-corrected chi connectivity index (χ0v) is 52.0. The van der Waals surface area contributed by atoms with Crippen molar-refractivity contribution in [1.82, 2.24) is 4.31 Å². The molecule has 22 nitrogen and oxygen atoms in total. The maximum atomic E-state index is 14.1. The van der Waals surface area contributed by atoms with Crippen LogP contribution in [-0.4, -0.2) is 129 Å². The van der Waals surface area contributed by atoms with Crippen LogP contribution in [0.5, 0.6) is 0 Å². The molecule has 0 aliphatic carbocycles. The molecule has 0 saturated heterocycles. The summed E-state index contributed by atoms with van der Waals surface area (Å²) in [7, 11) is -22.9. The topological polar surface area (TPSA) is 350 Å². The number of anilines is 1. The summed E-state index contributed by atoms with van der Waals surface area (Å²) >= 11 is 0. The van der Waals surface area contributed by atoms with Crippen LogP contribution >= 0.6 is 0 Å². The summed E-state index contributed by atoms with van der Waals surface area (Å²) in [4.78, 5) is 23.0. The average molecular weight is 1200 g/mol. The number of carbonyl (C=O) groups is 1. The predicted molar refractivity (Wildman–Crippen MR) is 282 cm³/mol. The van der Waals surface area contributed by atoms with Crippen LogP contribution in [0.25, 0.3) is 27.1 Å². The summed E-state index contributed by atoms with van der Waals surface area (Å²) < 4.78 is 175. The maximum absolute atomic E-state index is 14.1. The van der Waals surface area contributed by atoms with E-state index in [1.807, 2.05) is 13.8 Å². The Hall–Kier alpha value is -4.27. The van der Waals surface area contributed by atoms with Gasteiger partial charge in [0.2, 0.25) is 15.7 Å². The van der Waals surface area contributed by atoms with Gasteiger partial charge in [-0.2, -0.15) is 13.0 Å². The second-order valence-electron chi connectivity index (χ2n) is 19.5. The van der Waals surface area contributed by atoms with Crippen molar-refractivity contribution in [2.45, 2.75) is 78.9 Å². The van der Waals surface area contributed by atoms with Crippen LogP contribution in [0.2, 0.25) is 0 Å². The van der Waals surface area contributed by atoms with E-state index in [1.54, 1.807) is 71.9 Å². The molecule has 0 atom stereocenters. The Kier molecular flexibility index (Phi) is 20.1. The van der Waals surface area contributed by atoms with Crippen LogP contribution in [0.4, 0.5) is 17.1 Å². The molecule has 0 bridgehead atoms. The summed E-state index contributed by atoms with van der Waals surface area (Å²) in [6, 6.07) is 17.7. The van der Waals surface area contributed by atoms with Crippen LogP contribution in [0.3, 0.4) is 0 Å². The summed E-state index contributed by atoms with van der Waals surface area (Å²) in [5, 5.41) is 22.3. The monoisotopic (exact) mass is 1200 g/mol. The SMILES string of the molecule is CN(CCCC(=O)O)S(=O)(=O)c1cccc2c3c(ccc12)N(CCCS(=O)(=O)[O-])C(=CC=C(C=CC1=[N+](CCCS(=O)(=O)O)c2ccc4c(S(=O)(=O)[O-])cc(S(=O)(=O)[O-])cc4c2C1(C)C)c1ccccc1[N+](=O)[O-])C3(C)C.[Na+].[Na+]. The molecule has 412 valence electrons. The summed E-state index contributed by atoms with van der Waals surface area (Å²) in [6.07, 6.45) is 5.65. The molecule has 2 aliphatic heterocycles. The number of carboxylic acid groups (broad SMARTS) is 1. The first kappa shape index (κ1) is 65.5. The van der Waals surface area contributed by atoms with Crippen molar-refractivity contribution in [3.05, 3.63) is 136 Å². The van der Waals surface area contributed by atoms with Crippen molar-refractivity contribution in [1.29, 1.82) is 0 Å². The molecule has 7 rings (SSSR count). The van der Waals surface area contributed by atoms with Crippen LogP contribution in [0, 0.1) is 10.1 Å². The minimum absolute atomic E-state index is 0. The minimum atomic E-state index is -5.41. The molecule has 2 N–H and O–H groups in total. The number of allylic oxidation sites excluding steroid dienone is 6. The van der Waals surface area contributed by atoms with E-state index in [0.29, 0.717) is 39.5 Å². The van der Waals surface area contributed by atoms with E-state index in [-0.39, 0.29) is 148 Å². The number of carboxylic acids is 1. The molecule has 79 heavy (non-hydrogen) atoms. The van der Waals surface area contributed by atoms with Gasteiger partial charge in [0, 0.05) is 90.1 Å². The van der Waals surface area contributed by atoms with Gasteiger partial charge >= 0.3 is 65.1 Å². The van der Waals surface area contributed by atoms with Gasteiger partial charge in [0.05, 0.1) is 46.5 Å². The molecule has 2 aliphatic rings. The summed E-state index contributed by atoms with van der Waals surface area (Å²) in [5.74, 6) is -2.55. The number of para-hydroxylation sites is 1. The first-order valence-corrected chi connectivity index (χ1v) is 30.9. The number of sulfonamides is 1. The largest absolute Gasteiger partial charge is 1.00 e. The second-order valence-corrected chi connectivity index (χ2v) is 27.3. The molecular weight excluding hydrogens is 1150 g/mol.